The molecule has 1 aromatic carbocycles. The van der Waals surface area contributed by atoms with Crippen LogP contribution in [0.25, 0.3) is 0 Å². The zero-order valence-corrected chi connectivity index (χ0v) is 15.4. The van der Waals surface area contributed by atoms with Crippen molar-refractivity contribution >= 4 is 23.4 Å². The molecule has 0 unspecified atom stereocenters. The fraction of sp³-hybridized carbons (Fsp3) is 0.350. The Kier molecular flexibility index (Phi) is 3.59. The van der Waals surface area contributed by atoms with Crippen molar-refractivity contribution in [2.24, 2.45) is 0 Å². The number of amides is 1. The highest BCUT2D eigenvalue weighted by Gasteiger charge is 2.60. The van der Waals surface area contributed by atoms with Gasteiger partial charge in [-0.15, -0.1) is 0 Å². The Bertz CT molecular complexity index is 1020. The molecule has 1 fully saturated rings. The molecule has 3 heterocycles. The zero-order valence-electron chi connectivity index (χ0n) is 15.4. The third kappa shape index (κ3) is 2.37. The van der Waals surface area contributed by atoms with Crippen LogP contribution in [0.4, 0.5) is 21.8 Å². The van der Waals surface area contributed by atoms with E-state index in [0.717, 1.165) is 29.7 Å². The van der Waals surface area contributed by atoms with Crippen LogP contribution >= 0.6 is 0 Å². The summed E-state index contributed by atoms with van der Waals surface area (Å²) in [6.45, 7) is 5.46. The number of carbonyl (C=O) groups is 1. The minimum atomic E-state index is -0.572. The largest absolute Gasteiger partial charge is 0.454 e. The topological polar surface area (TPSA) is 76.6 Å². The molecule has 1 aromatic heterocycles. The molecule has 1 N–H and O–H groups in total. The standard InChI is InChI=1S/C20H19FN4O3/c1-11-7-15-16(28-10-27-15)8-14(11)23-19-22-9-13-17(24-19)25(12(2)3-6-21)18(26)20(13)4-5-20/h7-9H,2-6,10H2,1H3,(H,22,23,24). The van der Waals surface area contributed by atoms with E-state index in [1.807, 2.05) is 19.1 Å². The number of anilines is 3. The summed E-state index contributed by atoms with van der Waals surface area (Å²) >= 11 is 0. The first-order valence-electron chi connectivity index (χ1n) is 9.16. The van der Waals surface area contributed by atoms with E-state index in [9.17, 15) is 9.18 Å². The lowest BCUT2D eigenvalue weighted by atomic mass is 10.0. The average Bonchev–Trinajstić information content (AvgIpc) is 3.29. The molecule has 28 heavy (non-hydrogen) atoms. The van der Waals surface area contributed by atoms with E-state index < -0.39 is 12.1 Å². The number of aromatic nitrogens is 2. The normalized spacial score (nSPS) is 17.8. The predicted molar refractivity (Wildman–Crippen MR) is 101 cm³/mol. The molecule has 3 aliphatic rings. The molecular weight excluding hydrogens is 363 g/mol. The monoisotopic (exact) mass is 382 g/mol. The van der Waals surface area contributed by atoms with E-state index in [4.69, 9.17) is 9.47 Å². The summed E-state index contributed by atoms with van der Waals surface area (Å²) in [6.07, 6.45) is 3.31. The Morgan fingerprint density at radius 3 is 2.82 bits per heavy atom. The summed E-state index contributed by atoms with van der Waals surface area (Å²) in [4.78, 5) is 23.4. The summed E-state index contributed by atoms with van der Waals surface area (Å²) in [5.41, 5.74) is 2.39. The second kappa shape index (κ2) is 5.92. The van der Waals surface area contributed by atoms with E-state index in [0.29, 0.717) is 29.0 Å². The first kappa shape index (κ1) is 17.0. The van der Waals surface area contributed by atoms with Gasteiger partial charge in [-0.3, -0.25) is 14.1 Å². The van der Waals surface area contributed by atoms with Crippen LogP contribution in [0.3, 0.4) is 0 Å². The Morgan fingerprint density at radius 1 is 1.36 bits per heavy atom. The van der Waals surface area contributed by atoms with Crippen molar-refractivity contribution in [1.82, 2.24) is 9.97 Å². The number of nitrogens with one attached hydrogen (secondary N) is 1. The zero-order chi connectivity index (χ0) is 19.5. The van der Waals surface area contributed by atoms with Gasteiger partial charge in [-0.2, -0.15) is 4.98 Å². The van der Waals surface area contributed by atoms with Gasteiger partial charge in [0.25, 0.3) is 0 Å². The molecule has 0 saturated heterocycles. The third-order valence-corrected chi connectivity index (χ3v) is 5.52. The molecule has 1 spiro atoms. The second-order valence-corrected chi connectivity index (χ2v) is 7.30. The lowest BCUT2D eigenvalue weighted by molar-refractivity contribution is -0.119. The molecule has 0 atom stereocenters. The van der Waals surface area contributed by atoms with Crippen molar-refractivity contribution in [3.8, 4) is 11.5 Å². The van der Waals surface area contributed by atoms with Crippen LogP contribution in [0.15, 0.2) is 30.6 Å². The van der Waals surface area contributed by atoms with E-state index in [-0.39, 0.29) is 19.1 Å². The minimum absolute atomic E-state index is 0.0772. The molecule has 144 valence electrons. The Balaban J connectivity index is 1.51. The van der Waals surface area contributed by atoms with Crippen LogP contribution in [0.5, 0.6) is 11.5 Å². The molecular formula is C20H19FN4O3. The second-order valence-electron chi connectivity index (χ2n) is 7.30. The third-order valence-electron chi connectivity index (χ3n) is 5.52. The van der Waals surface area contributed by atoms with Gasteiger partial charge in [0.05, 0.1) is 12.1 Å². The molecule has 0 radical (unpaired) electrons. The van der Waals surface area contributed by atoms with Gasteiger partial charge in [-0.1, -0.05) is 6.58 Å². The van der Waals surface area contributed by atoms with Crippen molar-refractivity contribution < 1.29 is 18.7 Å². The molecule has 1 amide bonds. The van der Waals surface area contributed by atoms with Crippen LogP contribution in [-0.4, -0.2) is 29.3 Å². The molecule has 0 bridgehead atoms. The van der Waals surface area contributed by atoms with E-state index >= 15 is 0 Å². The number of rotatable bonds is 5. The number of nitrogens with zero attached hydrogens (tertiary/aromatic N) is 3. The molecule has 5 rings (SSSR count). The number of benzene rings is 1. The van der Waals surface area contributed by atoms with E-state index in [1.165, 1.54) is 4.90 Å². The van der Waals surface area contributed by atoms with Gasteiger partial charge >= 0.3 is 0 Å². The molecule has 2 aromatic rings. The maximum Gasteiger partial charge on any atom is 0.243 e. The van der Waals surface area contributed by atoms with Gasteiger partial charge in [-0.25, -0.2) is 4.98 Å². The molecule has 1 saturated carbocycles. The molecule has 7 nitrogen and oxygen atoms in total. The van der Waals surface area contributed by atoms with Crippen molar-refractivity contribution in [1.29, 1.82) is 0 Å². The van der Waals surface area contributed by atoms with Crippen molar-refractivity contribution in [2.75, 3.05) is 23.7 Å². The SMILES string of the molecule is C=C(CCF)N1C(=O)C2(CC2)c2cnc(Nc3cc4c(cc3C)OCO4)nc21. The first-order valence-corrected chi connectivity index (χ1v) is 9.16. The fourth-order valence-electron chi connectivity index (χ4n) is 3.79. The lowest BCUT2D eigenvalue weighted by Crippen LogP contribution is -2.31. The van der Waals surface area contributed by atoms with Gasteiger partial charge in [0.1, 0.15) is 5.82 Å². The van der Waals surface area contributed by atoms with Gasteiger partial charge in [0.15, 0.2) is 11.5 Å². The van der Waals surface area contributed by atoms with Gasteiger partial charge in [0, 0.05) is 35.6 Å². The lowest BCUT2D eigenvalue weighted by Gasteiger charge is -2.19. The smallest absolute Gasteiger partial charge is 0.243 e. The van der Waals surface area contributed by atoms with Crippen LogP contribution in [0, 0.1) is 6.92 Å². The summed E-state index contributed by atoms with van der Waals surface area (Å²) < 4.78 is 23.7. The summed E-state index contributed by atoms with van der Waals surface area (Å²) in [7, 11) is 0. The summed E-state index contributed by atoms with van der Waals surface area (Å²) in [5.74, 6) is 2.12. The molecule has 1 aliphatic carbocycles. The van der Waals surface area contributed by atoms with Crippen LogP contribution < -0.4 is 19.7 Å². The van der Waals surface area contributed by atoms with Crippen LogP contribution in [-0.2, 0) is 10.2 Å². The quantitative estimate of drug-likeness (QED) is 0.853. The number of allylic oxidation sites excluding steroid dienone is 1. The number of fused-ring (bicyclic) bond motifs is 3. The van der Waals surface area contributed by atoms with Gasteiger partial charge < -0.3 is 14.8 Å². The minimum Gasteiger partial charge on any atom is -0.454 e. The molecule has 2 aliphatic heterocycles. The maximum absolute atomic E-state index is 12.9. The van der Waals surface area contributed by atoms with Crippen molar-refractivity contribution in [3.05, 3.63) is 41.7 Å². The number of hydrogen-bond acceptors (Lipinski definition) is 6. The first-order chi connectivity index (χ1) is 13.5. The van der Waals surface area contributed by atoms with Gasteiger partial charge in [-0.05, 0) is 31.4 Å². The average molecular weight is 382 g/mol. The van der Waals surface area contributed by atoms with E-state index in [1.54, 1.807) is 6.20 Å². The Hall–Kier alpha value is -3.16. The number of alkyl halides is 1. The fourth-order valence-corrected chi connectivity index (χ4v) is 3.79. The number of ether oxygens (including phenoxy) is 2. The van der Waals surface area contributed by atoms with E-state index in [2.05, 4.69) is 21.9 Å². The maximum atomic E-state index is 12.9. The number of halogens is 1. The number of aryl methyl sites for hydroxylation is 1. The van der Waals surface area contributed by atoms with Crippen molar-refractivity contribution in [2.45, 2.75) is 31.6 Å². The number of carbonyl (C=O) groups excluding carboxylic acids is 1. The summed E-state index contributed by atoms with van der Waals surface area (Å²) in [6, 6.07) is 3.72. The van der Waals surface area contributed by atoms with Crippen LogP contribution in [0.2, 0.25) is 0 Å². The predicted octanol–water partition coefficient (Wildman–Crippen LogP) is 3.51. The molecule has 8 heteroatoms. The summed E-state index contributed by atoms with van der Waals surface area (Å²) in [5, 5.41) is 3.19. The highest BCUT2D eigenvalue weighted by Crippen LogP contribution is 2.57. The Morgan fingerprint density at radius 2 is 2.11 bits per heavy atom. The van der Waals surface area contributed by atoms with Crippen LogP contribution in [0.1, 0.15) is 30.4 Å². The van der Waals surface area contributed by atoms with Crippen molar-refractivity contribution in [3.63, 3.8) is 0 Å². The Labute approximate surface area is 161 Å². The highest BCUT2D eigenvalue weighted by molar-refractivity contribution is 6.11. The van der Waals surface area contributed by atoms with Gasteiger partial charge in [0.2, 0.25) is 18.6 Å². The number of hydrogen-bond donors (Lipinski definition) is 1. The highest BCUT2D eigenvalue weighted by atomic mass is 19.1.